The number of nitrogens with zero attached hydrogens (tertiary/aromatic N) is 4. The van der Waals surface area contributed by atoms with E-state index in [-0.39, 0.29) is 23.7 Å². The second-order valence-electron chi connectivity index (χ2n) is 7.21. The lowest BCUT2D eigenvalue weighted by atomic mass is 9.96. The fraction of sp³-hybridized carbons (Fsp3) is 0.750. The van der Waals surface area contributed by atoms with E-state index in [4.69, 9.17) is 0 Å². The average Bonchev–Trinajstić information content (AvgIpc) is 3.29. The molecule has 1 N–H and O–H groups in total. The lowest BCUT2D eigenvalue weighted by Gasteiger charge is -2.28. The number of likely N-dealkylation sites (tertiary alicyclic amines) is 2. The number of carbonyl (C=O) groups is 2. The number of aromatic amines is 1. The van der Waals surface area contributed by atoms with Gasteiger partial charge in [-0.3, -0.25) is 14.7 Å². The summed E-state index contributed by atoms with van der Waals surface area (Å²) < 4.78 is 0. The highest BCUT2D eigenvalue weighted by molar-refractivity contribution is 5.90. The summed E-state index contributed by atoms with van der Waals surface area (Å²) in [4.78, 5) is 33.1. The molecule has 3 aliphatic rings. The van der Waals surface area contributed by atoms with E-state index in [0.29, 0.717) is 30.8 Å². The van der Waals surface area contributed by atoms with Crippen LogP contribution in [0.4, 0.5) is 0 Å². The average molecular weight is 317 g/mol. The number of nitrogens with one attached hydrogen (secondary N) is 1. The van der Waals surface area contributed by atoms with Crippen molar-refractivity contribution in [1.29, 1.82) is 0 Å². The van der Waals surface area contributed by atoms with Gasteiger partial charge in [0.15, 0.2) is 0 Å². The molecule has 3 heterocycles. The molecule has 1 aromatic heterocycles. The molecule has 4 atom stereocenters. The summed E-state index contributed by atoms with van der Waals surface area (Å²) in [5.41, 5.74) is 0. The first-order chi connectivity index (χ1) is 11.1. The minimum absolute atomic E-state index is 0.112. The van der Waals surface area contributed by atoms with E-state index in [9.17, 15) is 9.59 Å². The third kappa shape index (κ3) is 2.42. The van der Waals surface area contributed by atoms with Crippen molar-refractivity contribution in [3.8, 4) is 0 Å². The van der Waals surface area contributed by atoms with E-state index in [1.165, 1.54) is 6.33 Å². The minimum atomic E-state index is -0.112. The Labute approximate surface area is 135 Å². The van der Waals surface area contributed by atoms with E-state index in [0.717, 1.165) is 32.2 Å². The zero-order chi connectivity index (χ0) is 16.0. The molecule has 0 spiro atoms. The van der Waals surface area contributed by atoms with Gasteiger partial charge in [-0.2, -0.15) is 5.10 Å². The smallest absolute Gasteiger partial charge is 0.291 e. The molecule has 0 aromatic carbocycles. The van der Waals surface area contributed by atoms with Crippen molar-refractivity contribution in [3.05, 3.63) is 12.2 Å². The van der Waals surface area contributed by atoms with Gasteiger partial charge in [0.25, 0.3) is 5.91 Å². The van der Waals surface area contributed by atoms with Gasteiger partial charge in [-0.25, -0.2) is 4.98 Å². The maximum absolute atomic E-state index is 12.9. The molecule has 3 fully saturated rings. The largest absolute Gasteiger partial charge is 0.337 e. The normalized spacial score (nSPS) is 33.3. The Balaban J connectivity index is 1.45. The number of hydrogen-bond acceptors (Lipinski definition) is 4. The van der Waals surface area contributed by atoms with E-state index < -0.39 is 0 Å². The quantitative estimate of drug-likeness (QED) is 0.879. The summed E-state index contributed by atoms with van der Waals surface area (Å²) >= 11 is 0. The summed E-state index contributed by atoms with van der Waals surface area (Å²) in [6.07, 6.45) is 5.69. The minimum Gasteiger partial charge on any atom is -0.337 e. The van der Waals surface area contributed by atoms with E-state index >= 15 is 0 Å². The van der Waals surface area contributed by atoms with Crippen LogP contribution in [0.1, 0.15) is 43.2 Å². The van der Waals surface area contributed by atoms with Crippen LogP contribution in [0.5, 0.6) is 0 Å². The SMILES string of the molecule is C[C@H]1CCC[C@@H]1C(=O)N1CC[C@H]2CN(C(=O)c3ncn[nH]3)C[C@@H]21. The zero-order valence-electron chi connectivity index (χ0n) is 13.4. The predicted octanol–water partition coefficient (Wildman–Crippen LogP) is 0.914. The molecule has 0 radical (unpaired) electrons. The molecule has 2 amide bonds. The van der Waals surface area contributed by atoms with Crippen molar-refractivity contribution >= 4 is 11.8 Å². The lowest BCUT2D eigenvalue weighted by molar-refractivity contribution is -0.137. The molecule has 2 saturated heterocycles. The molecule has 1 aliphatic carbocycles. The van der Waals surface area contributed by atoms with Gasteiger partial charge in [0.05, 0.1) is 6.04 Å². The Morgan fingerprint density at radius 1 is 1.26 bits per heavy atom. The Kier molecular flexibility index (Phi) is 3.58. The summed E-state index contributed by atoms with van der Waals surface area (Å²) in [6.45, 7) is 4.38. The molecule has 1 aromatic rings. The maximum Gasteiger partial charge on any atom is 0.291 e. The first-order valence-corrected chi connectivity index (χ1v) is 8.60. The maximum atomic E-state index is 12.9. The van der Waals surface area contributed by atoms with Crippen LogP contribution in [0, 0.1) is 17.8 Å². The van der Waals surface area contributed by atoms with Gasteiger partial charge in [-0.15, -0.1) is 0 Å². The van der Waals surface area contributed by atoms with Crippen molar-refractivity contribution in [1.82, 2.24) is 25.0 Å². The van der Waals surface area contributed by atoms with Crippen LogP contribution >= 0.6 is 0 Å². The summed E-state index contributed by atoms with van der Waals surface area (Å²) in [7, 11) is 0. The van der Waals surface area contributed by atoms with Gasteiger partial charge in [-0.05, 0) is 25.2 Å². The van der Waals surface area contributed by atoms with Crippen molar-refractivity contribution in [2.75, 3.05) is 19.6 Å². The van der Waals surface area contributed by atoms with Crippen molar-refractivity contribution in [3.63, 3.8) is 0 Å². The van der Waals surface area contributed by atoms with Crippen LogP contribution in [-0.4, -0.2) is 62.5 Å². The molecule has 124 valence electrons. The monoisotopic (exact) mass is 317 g/mol. The fourth-order valence-corrected chi connectivity index (χ4v) is 4.58. The molecular weight excluding hydrogens is 294 g/mol. The lowest BCUT2D eigenvalue weighted by Crippen LogP contribution is -2.44. The van der Waals surface area contributed by atoms with Crippen molar-refractivity contribution in [2.24, 2.45) is 17.8 Å². The second kappa shape index (κ2) is 5.62. The highest BCUT2D eigenvalue weighted by Gasteiger charge is 2.47. The standard InChI is InChI=1S/C16H23N5O2/c1-10-3-2-4-12(10)15(22)21-6-5-11-7-20(8-13(11)21)16(23)14-17-9-18-19-14/h9-13H,2-8H2,1H3,(H,17,18,19)/t10-,11-,12-,13-/m0/s1. The third-order valence-electron chi connectivity index (χ3n) is 5.91. The topological polar surface area (TPSA) is 82.2 Å². The number of rotatable bonds is 2. The van der Waals surface area contributed by atoms with Gasteiger partial charge in [0, 0.05) is 31.5 Å². The number of amides is 2. The van der Waals surface area contributed by atoms with E-state index in [1.807, 2.05) is 4.90 Å². The molecule has 1 saturated carbocycles. The fourth-order valence-electron chi connectivity index (χ4n) is 4.58. The van der Waals surface area contributed by atoms with Crippen LogP contribution in [-0.2, 0) is 4.79 Å². The first-order valence-electron chi connectivity index (χ1n) is 8.60. The van der Waals surface area contributed by atoms with Gasteiger partial charge < -0.3 is 9.80 Å². The van der Waals surface area contributed by atoms with Crippen LogP contribution in [0.15, 0.2) is 6.33 Å². The van der Waals surface area contributed by atoms with Crippen LogP contribution in [0.25, 0.3) is 0 Å². The first kappa shape index (κ1) is 14.7. The zero-order valence-corrected chi connectivity index (χ0v) is 13.4. The molecule has 4 rings (SSSR count). The van der Waals surface area contributed by atoms with Crippen LogP contribution in [0.3, 0.4) is 0 Å². The highest BCUT2D eigenvalue weighted by atomic mass is 16.2. The Morgan fingerprint density at radius 3 is 2.83 bits per heavy atom. The van der Waals surface area contributed by atoms with E-state index in [1.54, 1.807) is 0 Å². The van der Waals surface area contributed by atoms with Gasteiger partial charge in [0.2, 0.25) is 11.7 Å². The molecule has 23 heavy (non-hydrogen) atoms. The molecule has 7 heteroatoms. The third-order valence-corrected chi connectivity index (χ3v) is 5.91. The summed E-state index contributed by atoms with van der Waals surface area (Å²) in [5.74, 6) is 1.58. The van der Waals surface area contributed by atoms with Crippen LogP contribution in [0.2, 0.25) is 0 Å². The number of fused-ring (bicyclic) bond motifs is 1. The van der Waals surface area contributed by atoms with Crippen molar-refractivity contribution < 1.29 is 9.59 Å². The molecule has 0 unspecified atom stereocenters. The summed E-state index contributed by atoms with van der Waals surface area (Å²) in [5, 5.41) is 6.37. The number of H-pyrrole nitrogens is 1. The molecular formula is C16H23N5O2. The van der Waals surface area contributed by atoms with Gasteiger partial charge >= 0.3 is 0 Å². The number of aromatic nitrogens is 3. The van der Waals surface area contributed by atoms with Gasteiger partial charge in [0.1, 0.15) is 6.33 Å². The molecule has 2 aliphatic heterocycles. The molecule has 7 nitrogen and oxygen atoms in total. The molecule has 0 bridgehead atoms. The Bertz CT molecular complexity index is 602. The Morgan fingerprint density at radius 2 is 2.13 bits per heavy atom. The Hall–Kier alpha value is -1.92. The van der Waals surface area contributed by atoms with Crippen molar-refractivity contribution in [2.45, 2.75) is 38.6 Å². The second-order valence-corrected chi connectivity index (χ2v) is 7.21. The number of hydrogen-bond donors (Lipinski definition) is 1. The predicted molar refractivity (Wildman–Crippen MR) is 82.4 cm³/mol. The van der Waals surface area contributed by atoms with Gasteiger partial charge in [-0.1, -0.05) is 13.3 Å². The summed E-state index contributed by atoms with van der Waals surface area (Å²) in [6, 6.07) is 0.183. The highest BCUT2D eigenvalue weighted by Crippen LogP contribution is 2.37. The van der Waals surface area contributed by atoms with E-state index in [2.05, 4.69) is 27.0 Å². The van der Waals surface area contributed by atoms with Crippen LogP contribution < -0.4 is 0 Å². The number of carbonyl (C=O) groups excluding carboxylic acids is 2.